The molecule has 0 saturated carbocycles. The van der Waals surface area contributed by atoms with Crippen LogP contribution in [0.15, 0.2) is 53.4 Å². The highest BCUT2D eigenvalue weighted by Crippen LogP contribution is 2.30. The maximum atomic E-state index is 12.6. The van der Waals surface area contributed by atoms with Gasteiger partial charge in [-0.15, -0.1) is 0 Å². The number of aryl methyl sites for hydroxylation is 1. The van der Waals surface area contributed by atoms with Gasteiger partial charge in [-0.1, -0.05) is 18.2 Å². The van der Waals surface area contributed by atoms with E-state index in [0.29, 0.717) is 11.8 Å². The van der Waals surface area contributed by atoms with Crippen LogP contribution in [0.5, 0.6) is 0 Å². The summed E-state index contributed by atoms with van der Waals surface area (Å²) < 4.78 is 64.3. The van der Waals surface area contributed by atoms with Crippen molar-refractivity contribution in [1.29, 1.82) is 0 Å². The number of nitrogens with one attached hydrogen (secondary N) is 1. The van der Waals surface area contributed by atoms with E-state index in [1.807, 2.05) is 0 Å². The molecule has 0 heterocycles. The molecule has 0 radical (unpaired) electrons. The van der Waals surface area contributed by atoms with Crippen LogP contribution in [0, 0.1) is 6.92 Å². The molecule has 0 fully saturated rings. The Morgan fingerprint density at radius 2 is 1.67 bits per heavy atom. The molecule has 0 aliphatic rings. The third-order valence-corrected chi connectivity index (χ3v) is 4.12. The van der Waals surface area contributed by atoms with Gasteiger partial charge in [0.1, 0.15) is 0 Å². The van der Waals surface area contributed by atoms with Crippen molar-refractivity contribution in [2.24, 2.45) is 0 Å². The van der Waals surface area contributed by atoms with E-state index in [0.717, 1.165) is 23.8 Å². The molecule has 0 amide bonds. The predicted molar refractivity (Wildman–Crippen MR) is 73.4 cm³/mol. The van der Waals surface area contributed by atoms with E-state index in [-0.39, 0.29) is 0 Å². The smallest absolute Gasteiger partial charge is 0.280 e. The van der Waals surface area contributed by atoms with Crippen molar-refractivity contribution in [3.63, 3.8) is 0 Å². The maximum Gasteiger partial charge on any atom is 0.416 e. The van der Waals surface area contributed by atoms with Gasteiger partial charge in [-0.3, -0.25) is 4.72 Å². The third kappa shape index (κ3) is 3.75. The van der Waals surface area contributed by atoms with Gasteiger partial charge in [0, 0.05) is 5.69 Å². The van der Waals surface area contributed by atoms with Crippen LogP contribution in [0.3, 0.4) is 0 Å². The Morgan fingerprint density at radius 1 is 1.00 bits per heavy atom. The van der Waals surface area contributed by atoms with Crippen molar-refractivity contribution in [3.05, 3.63) is 59.7 Å². The van der Waals surface area contributed by atoms with E-state index in [2.05, 4.69) is 4.72 Å². The number of rotatable bonds is 3. The Hall–Kier alpha value is -2.02. The summed E-state index contributed by atoms with van der Waals surface area (Å²) in [5, 5.41) is 0. The van der Waals surface area contributed by atoms with Crippen LogP contribution in [-0.2, 0) is 16.2 Å². The first-order chi connectivity index (χ1) is 9.68. The van der Waals surface area contributed by atoms with E-state index < -0.39 is 26.7 Å². The third-order valence-electron chi connectivity index (χ3n) is 2.74. The van der Waals surface area contributed by atoms with Crippen LogP contribution >= 0.6 is 0 Å². The average molecular weight is 315 g/mol. The number of anilines is 1. The second-order valence-corrected chi connectivity index (χ2v) is 6.18. The predicted octanol–water partition coefficient (Wildman–Crippen LogP) is 3.81. The van der Waals surface area contributed by atoms with E-state index in [9.17, 15) is 21.6 Å². The van der Waals surface area contributed by atoms with Crippen molar-refractivity contribution in [2.75, 3.05) is 4.72 Å². The Labute approximate surface area is 120 Å². The fraction of sp³-hybridized carbons (Fsp3) is 0.143. The SMILES string of the molecule is Cc1cccc(NS(=O)(=O)c2cccc(C(F)(F)F)c2)c1. The molecule has 0 aliphatic heterocycles. The zero-order chi connectivity index (χ0) is 15.7. The van der Waals surface area contributed by atoms with Gasteiger partial charge < -0.3 is 0 Å². The lowest BCUT2D eigenvalue weighted by Gasteiger charge is -2.11. The van der Waals surface area contributed by atoms with Crippen LogP contribution in [0.25, 0.3) is 0 Å². The van der Waals surface area contributed by atoms with Gasteiger partial charge in [0.15, 0.2) is 0 Å². The minimum absolute atomic E-state index is 0.299. The summed E-state index contributed by atoms with van der Waals surface area (Å²) >= 11 is 0. The summed E-state index contributed by atoms with van der Waals surface area (Å²) in [6.45, 7) is 1.78. The van der Waals surface area contributed by atoms with Crippen molar-refractivity contribution >= 4 is 15.7 Å². The van der Waals surface area contributed by atoms with Crippen LogP contribution in [0.4, 0.5) is 18.9 Å². The molecule has 0 aromatic heterocycles. The first-order valence-corrected chi connectivity index (χ1v) is 7.43. The van der Waals surface area contributed by atoms with E-state index in [1.54, 1.807) is 25.1 Å². The van der Waals surface area contributed by atoms with Crippen molar-refractivity contribution in [3.8, 4) is 0 Å². The molecular weight excluding hydrogens is 303 g/mol. The summed E-state index contributed by atoms with van der Waals surface area (Å²) in [4.78, 5) is -0.432. The van der Waals surface area contributed by atoms with E-state index in [1.165, 1.54) is 6.07 Å². The number of benzene rings is 2. The van der Waals surface area contributed by atoms with Crippen LogP contribution in [0.1, 0.15) is 11.1 Å². The standard InChI is InChI=1S/C14H12F3NO2S/c1-10-4-2-6-12(8-10)18-21(19,20)13-7-3-5-11(9-13)14(15,16)17/h2-9,18H,1H3. The molecular formula is C14H12F3NO2S. The highest BCUT2D eigenvalue weighted by atomic mass is 32.2. The molecule has 2 aromatic carbocycles. The summed E-state index contributed by atoms with van der Waals surface area (Å²) in [5.41, 5.74) is 0.126. The first-order valence-electron chi connectivity index (χ1n) is 5.95. The summed E-state index contributed by atoms with van der Waals surface area (Å²) in [7, 11) is -4.06. The normalized spacial score (nSPS) is 12.2. The van der Waals surface area contributed by atoms with Crippen molar-refractivity contribution < 1.29 is 21.6 Å². The minimum atomic E-state index is -4.59. The van der Waals surface area contributed by atoms with Crippen LogP contribution < -0.4 is 4.72 Å². The summed E-state index contributed by atoms with van der Waals surface area (Å²) in [5.74, 6) is 0. The second-order valence-electron chi connectivity index (χ2n) is 4.50. The van der Waals surface area contributed by atoms with E-state index >= 15 is 0 Å². The number of hydrogen-bond acceptors (Lipinski definition) is 2. The van der Waals surface area contributed by atoms with Gasteiger partial charge in [0.05, 0.1) is 10.5 Å². The zero-order valence-corrected chi connectivity index (χ0v) is 11.8. The lowest BCUT2D eigenvalue weighted by Crippen LogP contribution is -2.14. The first kappa shape index (κ1) is 15.4. The highest BCUT2D eigenvalue weighted by molar-refractivity contribution is 7.92. The van der Waals surface area contributed by atoms with Gasteiger partial charge in [0.25, 0.3) is 10.0 Å². The van der Waals surface area contributed by atoms with Crippen molar-refractivity contribution in [1.82, 2.24) is 0 Å². The number of sulfonamides is 1. The van der Waals surface area contributed by atoms with Crippen LogP contribution in [-0.4, -0.2) is 8.42 Å². The molecule has 0 unspecified atom stereocenters. The molecule has 0 saturated heterocycles. The zero-order valence-electron chi connectivity index (χ0n) is 11.0. The fourth-order valence-corrected chi connectivity index (χ4v) is 2.86. The lowest BCUT2D eigenvalue weighted by atomic mass is 10.2. The fourth-order valence-electron chi connectivity index (χ4n) is 1.76. The molecule has 0 atom stereocenters. The quantitative estimate of drug-likeness (QED) is 0.936. The number of halogens is 3. The van der Waals surface area contributed by atoms with Crippen LogP contribution in [0.2, 0.25) is 0 Å². The Morgan fingerprint density at radius 3 is 2.29 bits per heavy atom. The molecule has 2 rings (SSSR count). The molecule has 112 valence electrons. The van der Waals surface area contributed by atoms with Gasteiger partial charge in [-0.05, 0) is 42.8 Å². The topological polar surface area (TPSA) is 46.2 Å². The molecule has 0 spiro atoms. The molecule has 21 heavy (non-hydrogen) atoms. The minimum Gasteiger partial charge on any atom is -0.280 e. The monoisotopic (exact) mass is 315 g/mol. The average Bonchev–Trinajstić information content (AvgIpc) is 2.37. The largest absolute Gasteiger partial charge is 0.416 e. The maximum absolute atomic E-state index is 12.6. The Kier molecular flexibility index (Phi) is 3.95. The summed E-state index contributed by atoms with van der Waals surface area (Å²) in [6, 6.07) is 10.2. The molecule has 0 aliphatic carbocycles. The lowest BCUT2D eigenvalue weighted by molar-refractivity contribution is -0.137. The Bertz CT molecular complexity index is 755. The molecule has 2 aromatic rings. The number of alkyl halides is 3. The van der Waals surface area contributed by atoms with Gasteiger partial charge >= 0.3 is 6.18 Å². The molecule has 7 heteroatoms. The van der Waals surface area contributed by atoms with E-state index in [4.69, 9.17) is 0 Å². The van der Waals surface area contributed by atoms with Gasteiger partial charge in [-0.2, -0.15) is 13.2 Å². The molecule has 1 N–H and O–H groups in total. The summed E-state index contributed by atoms with van der Waals surface area (Å²) in [6.07, 6.45) is -4.59. The van der Waals surface area contributed by atoms with Gasteiger partial charge in [0.2, 0.25) is 0 Å². The highest BCUT2D eigenvalue weighted by Gasteiger charge is 2.31. The number of hydrogen-bond donors (Lipinski definition) is 1. The van der Waals surface area contributed by atoms with Gasteiger partial charge in [-0.25, -0.2) is 8.42 Å². The Balaban J connectivity index is 2.36. The van der Waals surface area contributed by atoms with Crippen molar-refractivity contribution in [2.45, 2.75) is 18.0 Å². The second kappa shape index (κ2) is 5.40. The molecule has 0 bridgehead atoms. The molecule has 3 nitrogen and oxygen atoms in total.